The van der Waals surface area contributed by atoms with Gasteiger partial charge in [0.2, 0.25) is 0 Å². The number of hydrogen-bond acceptors (Lipinski definition) is 3. The molecule has 3 aliphatic rings. The van der Waals surface area contributed by atoms with Crippen LogP contribution in [0.1, 0.15) is 93.0 Å². The Hall–Kier alpha value is -2.43. The van der Waals surface area contributed by atoms with E-state index in [0.29, 0.717) is 18.0 Å². The van der Waals surface area contributed by atoms with Crippen molar-refractivity contribution in [2.75, 3.05) is 6.54 Å². The van der Waals surface area contributed by atoms with E-state index in [4.69, 9.17) is 0 Å². The van der Waals surface area contributed by atoms with Crippen molar-refractivity contribution < 1.29 is 4.79 Å². The minimum atomic E-state index is -0.108. The highest BCUT2D eigenvalue weighted by Crippen LogP contribution is 2.52. The van der Waals surface area contributed by atoms with E-state index in [-0.39, 0.29) is 28.2 Å². The summed E-state index contributed by atoms with van der Waals surface area (Å²) >= 11 is 0. The Balaban J connectivity index is 1.57. The molecule has 3 heterocycles. The summed E-state index contributed by atoms with van der Waals surface area (Å²) in [6.07, 6.45) is 12.5. The fourth-order valence-electron chi connectivity index (χ4n) is 7.49. The largest absolute Gasteiger partial charge is 0.343 e. The maximum atomic E-state index is 14.2. The van der Waals surface area contributed by atoms with Crippen LogP contribution in [0.25, 0.3) is 0 Å². The molecule has 0 spiro atoms. The van der Waals surface area contributed by atoms with Crippen molar-refractivity contribution in [1.29, 1.82) is 0 Å². The van der Waals surface area contributed by atoms with Gasteiger partial charge in [0, 0.05) is 49.0 Å². The van der Waals surface area contributed by atoms with Gasteiger partial charge in [-0.25, -0.2) is 0 Å². The van der Waals surface area contributed by atoms with Gasteiger partial charge in [-0.15, -0.1) is 0 Å². The molecule has 2 aliphatic carbocycles. The zero-order valence-corrected chi connectivity index (χ0v) is 21.3. The summed E-state index contributed by atoms with van der Waals surface area (Å²) in [7, 11) is 0. The molecule has 0 aromatic carbocycles. The van der Waals surface area contributed by atoms with Gasteiger partial charge in [0.1, 0.15) is 5.56 Å². The van der Waals surface area contributed by atoms with Crippen LogP contribution in [0.15, 0.2) is 35.4 Å². The molecule has 2 atom stereocenters. The molecule has 0 radical (unpaired) electrons. The summed E-state index contributed by atoms with van der Waals surface area (Å²) < 4.78 is 2.22. The SMILES string of the molecule is Cc1cc(=O)c(C(=O)N2C[C@]3(C)C[C@H]2CC(C)(C)C3)c(CC2CCCC2)n1Cc1cccnc1. The quantitative estimate of drug-likeness (QED) is 0.601. The lowest BCUT2D eigenvalue weighted by Gasteiger charge is -2.39. The Bertz CT molecular complexity index is 1130. The van der Waals surface area contributed by atoms with E-state index >= 15 is 0 Å². The van der Waals surface area contributed by atoms with Crippen LogP contribution in [-0.4, -0.2) is 32.9 Å². The van der Waals surface area contributed by atoms with Crippen LogP contribution >= 0.6 is 0 Å². The van der Waals surface area contributed by atoms with Gasteiger partial charge >= 0.3 is 0 Å². The third kappa shape index (κ3) is 4.46. The highest BCUT2D eigenvalue weighted by Gasteiger charge is 2.51. The number of rotatable bonds is 5. The zero-order chi connectivity index (χ0) is 24.1. The fraction of sp³-hybridized carbons (Fsp3) is 0.621. The smallest absolute Gasteiger partial charge is 0.259 e. The Morgan fingerprint density at radius 2 is 1.94 bits per heavy atom. The van der Waals surface area contributed by atoms with Gasteiger partial charge in [-0.1, -0.05) is 52.5 Å². The van der Waals surface area contributed by atoms with Gasteiger partial charge in [-0.3, -0.25) is 14.6 Å². The molecule has 34 heavy (non-hydrogen) atoms. The molecular weight excluding hydrogens is 422 g/mol. The number of likely N-dealkylation sites (tertiary alicyclic amines) is 1. The lowest BCUT2D eigenvalue weighted by molar-refractivity contribution is 0.0704. The van der Waals surface area contributed by atoms with Gasteiger partial charge in [0.15, 0.2) is 5.43 Å². The second kappa shape index (κ2) is 8.66. The number of carbonyl (C=O) groups excluding carboxylic acids is 1. The number of carbonyl (C=O) groups is 1. The molecule has 1 saturated heterocycles. The molecule has 2 saturated carbocycles. The molecule has 2 aromatic heterocycles. The van der Waals surface area contributed by atoms with Crippen LogP contribution in [0.3, 0.4) is 0 Å². The summed E-state index contributed by atoms with van der Waals surface area (Å²) in [6, 6.07) is 5.92. The Morgan fingerprint density at radius 3 is 2.65 bits per heavy atom. The van der Waals surface area contributed by atoms with Crippen molar-refractivity contribution in [3.8, 4) is 0 Å². The monoisotopic (exact) mass is 461 g/mol. The average molecular weight is 462 g/mol. The summed E-state index contributed by atoms with van der Waals surface area (Å²) in [6.45, 7) is 10.4. The number of aryl methyl sites for hydroxylation is 1. The topological polar surface area (TPSA) is 55.2 Å². The van der Waals surface area contributed by atoms with Gasteiger partial charge in [-0.05, 0) is 61.0 Å². The van der Waals surface area contributed by atoms with Crippen molar-refractivity contribution in [3.05, 3.63) is 63.3 Å². The van der Waals surface area contributed by atoms with Crippen molar-refractivity contribution in [1.82, 2.24) is 14.5 Å². The van der Waals surface area contributed by atoms with E-state index in [2.05, 4.69) is 41.3 Å². The van der Waals surface area contributed by atoms with Gasteiger partial charge in [-0.2, -0.15) is 0 Å². The maximum Gasteiger partial charge on any atom is 0.259 e. The highest BCUT2D eigenvalue weighted by molar-refractivity contribution is 5.96. The van der Waals surface area contributed by atoms with Crippen LogP contribution in [-0.2, 0) is 13.0 Å². The molecule has 0 N–H and O–H groups in total. The molecule has 3 fully saturated rings. The number of pyridine rings is 2. The van der Waals surface area contributed by atoms with E-state index in [0.717, 1.165) is 49.2 Å². The first-order valence-corrected chi connectivity index (χ1v) is 13.1. The van der Waals surface area contributed by atoms with Gasteiger partial charge in [0.05, 0.1) is 0 Å². The number of hydrogen-bond donors (Lipinski definition) is 0. The summed E-state index contributed by atoms with van der Waals surface area (Å²) in [5.74, 6) is 0.506. The predicted octanol–water partition coefficient (Wildman–Crippen LogP) is 5.37. The van der Waals surface area contributed by atoms with Crippen molar-refractivity contribution >= 4 is 5.91 Å². The first kappa shape index (κ1) is 23.3. The Labute approximate surface area is 203 Å². The number of nitrogens with zero attached hydrogens (tertiary/aromatic N) is 3. The molecule has 2 bridgehead atoms. The van der Waals surface area contributed by atoms with E-state index in [1.165, 1.54) is 25.7 Å². The molecule has 5 nitrogen and oxygen atoms in total. The Morgan fingerprint density at radius 1 is 1.18 bits per heavy atom. The zero-order valence-electron chi connectivity index (χ0n) is 21.3. The average Bonchev–Trinajstić information content (AvgIpc) is 3.35. The first-order chi connectivity index (χ1) is 16.1. The molecule has 5 rings (SSSR count). The molecule has 5 heteroatoms. The van der Waals surface area contributed by atoms with E-state index in [1.54, 1.807) is 12.3 Å². The minimum Gasteiger partial charge on any atom is -0.343 e. The molecule has 2 aromatic rings. The maximum absolute atomic E-state index is 14.2. The van der Waals surface area contributed by atoms with Crippen LogP contribution < -0.4 is 5.43 Å². The van der Waals surface area contributed by atoms with Gasteiger partial charge in [0.25, 0.3) is 5.91 Å². The number of aromatic nitrogens is 2. The summed E-state index contributed by atoms with van der Waals surface area (Å²) in [5.41, 5.74) is 3.65. The Kier molecular flexibility index (Phi) is 5.94. The lowest BCUT2D eigenvalue weighted by atomic mass is 9.65. The minimum absolute atomic E-state index is 0.0376. The molecular formula is C29H39N3O2. The van der Waals surface area contributed by atoms with E-state index in [1.807, 2.05) is 19.2 Å². The normalized spacial score (nSPS) is 26.2. The fourth-order valence-corrected chi connectivity index (χ4v) is 7.49. The lowest BCUT2D eigenvalue weighted by Crippen LogP contribution is -2.41. The first-order valence-electron chi connectivity index (χ1n) is 13.1. The third-order valence-electron chi connectivity index (χ3n) is 8.54. The second-order valence-electron chi connectivity index (χ2n) is 12.4. The third-order valence-corrected chi connectivity index (χ3v) is 8.54. The number of amides is 1. The number of fused-ring (bicyclic) bond motifs is 2. The highest BCUT2D eigenvalue weighted by atomic mass is 16.2. The van der Waals surface area contributed by atoms with Crippen molar-refractivity contribution in [2.24, 2.45) is 16.7 Å². The predicted molar refractivity (Wildman–Crippen MR) is 135 cm³/mol. The van der Waals surface area contributed by atoms with E-state index < -0.39 is 0 Å². The standard InChI is InChI=1S/C29H39N3O2/c1-20-12-25(33)26(27(34)32-19-29(4)15-23(32)14-28(2,3)18-29)24(13-21-8-5-6-9-21)31(20)17-22-10-7-11-30-16-22/h7,10-12,16,21,23H,5-6,8-9,13-15,17-19H2,1-4H3/t23-,29-/m1/s1. The van der Waals surface area contributed by atoms with E-state index in [9.17, 15) is 9.59 Å². The van der Waals surface area contributed by atoms with Crippen LogP contribution in [0.4, 0.5) is 0 Å². The van der Waals surface area contributed by atoms with Gasteiger partial charge < -0.3 is 9.47 Å². The summed E-state index contributed by atoms with van der Waals surface area (Å²) in [4.78, 5) is 34.0. The van der Waals surface area contributed by atoms with Crippen LogP contribution in [0.5, 0.6) is 0 Å². The second-order valence-corrected chi connectivity index (χ2v) is 12.4. The molecule has 1 amide bonds. The van der Waals surface area contributed by atoms with Crippen LogP contribution in [0, 0.1) is 23.7 Å². The van der Waals surface area contributed by atoms with Crippen molar-refractivity contribution in [3.63, 3.8) is 0 Å². The van der Waals surface area contributed by atoms with Crippen molar-refractivity contribution in [2.45, 2.75) is 91.6 Å². The molecule has 0 unspecified atom stereocenters. The molecule has 182 valence electrons. The molecule has 1 aliphatic heterocycles. The summed E-state index contributed by atoms with van der Waals surface area (Å²) in [5, 5.41) is 0. The van der Waals surface area contributed by atoms with Crippen LogP contribution in [0.2, 0.25) is 0 Å².